The summed E-state index contributed by atoms with van der Waals surface area (Å²) in [6, 6.07) is 3.73. The van der Waals surface area contributed by atoms with Crippen molar-refractivity contribution in [2.45, 2.75) is 19.3 Å². The highest BCUT2D eigenvalue weighted by atomic mass is 79.9. The number of benzene rings is 1. The summed E-state index contributed by atoms with van der Waals surface area (Å²) < 4.78 is 13.3. The van der Waals surface area contributed by atoms with Crippen LogP contribution < -0.4 is 10.9 Å². The second-order valence-corrected chi connectivity index (χ2v) is 5.45. The standard InChI is InChI=1S/C14H14BrFN2O2/c15-12-8-10(16)5-6-11(12)14(20)18-17-13(19)7-9-3-1-2-4-9/h1,3,5-6,8-9H,2,4,7H2,(H,17,19)(H,18,20)/t9-/m1/s1. The number of rotatable bonds is 3. The SMILES string of the molecule is O=C(C[C@@H]1C=CCC1)NNC(=O)c1ccc(F)cc1Br. The van der Waals surface area contributed by atoms with E-state index in [0.29, 0.717) is 10.9 Å². The van der Waals surface area contributed by atoms with Crippen molar-refractivity contribution in [1.29, 1.82) is 0 Å². The van der Waals surface area contributed by atoms with Gasteiger partial charge >= 0.3 is 0 Å². The summed E-state index contributed by atoms with van der Waals surface area (Å²) in [5, 5.41) is 0. The van der Waals surface area contributed by atoms with Gasteiger partial charge < -0.3 is 0 Å². The van der Waals surface area contributed by atoms with Crippen LogP contribution in [0.4, 0.5) is 4.39 Å². The van der Waals surface area contributed by atoms with E-state index in [-0.39, 0.29) is 17.4 Å². The van der Waals surface area contributed by atoms with E-state index in [1.807, 2.05) is 12.2 Å². The molecule has 0 saturated heterocycles. The molecule has 0 radical (unpaired) electrons. The molecular formula is C14H14BrFN2O2. The third-order valence-corrected chi connectivity index (χ3v) is 3.71. The Morgan fingerprint density at radius 1 is 1.35 bits per heavy atom. The van der Waals surface area contributed by atoms with Crippen LogP contribution >= 0.6 is 15.9 Å². The predicted octanol–water partition coefficient (Wildman–Crippen LogP) is 2.71. The highest BCUT2D eigenvalue weighted by Crippen LogP contribution is 2.20. The Morgan fingerprint density at radius 2 is 2.15 bits per heavy atom. The maximum Gasteiger partial charge on any atom is 0.270 e. The molecule has 0 saturated carbocycles. The van der Waals surface area contributed by atoms with Crippen molar-refractivity contribution in [3.05, 3.63) is 46.2 Å². The summed E-state index contributed by atoms with van der Waals surface area (Å²) in [7, 11) is 0. The van der Waals surface area contributed by atoms with Crippen LogP contribution in [0.15, 0.2) is 34.8 Å². The Bertz CT molecular complexity index is 560. The molecule has 0 unspecified atom stereocenters. The first kappa shape index (κ1) is 14.7. The fourth-order valence-corrected chi connectivity index (χ4v) is 2.55. The number of carbonyl (C=O) groups is 2. The molecule has 0 bridgehead atoms. The lowest BCUT2D eigenvalue weighted by Gasteiger charge is -2.10. The molecule has 1 aliphatic carbocycles. The third-order valence-electron chi connectivity index (χ3n) is 3.05. The molecule has 0 spiro atoms. The zero-order valence-electron chi connectivity index (χ0n) is 10.7. The minimum atomic E-state index is -0.493. The second-order valence-electron chi connectivity index (χ2n) is 4.60. The summed E-state index contributed by atoms with van der Waals surface area (Å²) >= 11 is 3.10. The molecule has 1 aromatic carbocycles. The Morgan fingerprint density at radius 3 is 2.80 bits per heavy atom. The van der Waals surface area contributed by atoms with Gasteiger partial charge in [-0.15, -0.1) is 0 Å². The van der Waals surface area contributed by atoms with Crippen LogP contribution in [0.25, 0.3) is 0 Å². The number of hydrogen-bond acceptors (Lipinski definition) is 2. The Hall–Kier alpha value is -1.69. The van der Waals surface area contributed by atoms with Gasteiger partial charge in [-0.3, -0.25) is 20.4 Å². The molecule has 20 heavy (non-hydrogen) atoms. The van der Waals surface area contributed by atoms with Gasteiger partial charge in [-0.1, -0.05) is 12.2 Å². The van der Waals surface area contributed by atoms with Gasteiger partial charge in [0.15, 0.2) is 0 Å². The van der Waals surface area contributed by atoms with Crippen molar-refractivity contribution in [2.75, 3.05) is 0 Å². The van der Waals surface area contributed by atoms with Gasteiger partial charge in [0, 0.05) is 10.9 Å². The number of carbonyl (C=O) groups excluding carboxylic acids is 2. The molecule has 0 fully saturated rings. The van der Waals surface area contributed by atoms with E-state index in [0.717, 1.165) is 12.8 Å². The maximum atomic E-state index is 12.9. The number of halogens is 2. The molecule has 1 atom stereocenters. The molecular weight excluding hydrogens is 327 g/mol. The largest absolute Gasteiger partial charge is 0.273 e. The van der Waals surface area contributed by atoms with Crippen LogP contribution in [0.3, 0.4) is 0 Å². The van der Waals surface area contributed by atoms with Gasteiger partial charge in [-0.25, -0.2) is 4.39 Å². The lowest BCUT2D eigenvalue weighted by Crippen LogP contribution is -2.42. The lowest BCUT2D eigenvalue weighted by atomic mass is 10.1. The monoisotopic (exact) mass is 340 g/mol. The van der Waals surface area contributed by atoms with E-state index in [2.05, 4.69) is 26.8 Å². The van der Waals surface area contributed by atoms with Crippen LogP contribution in [-0.2, 0) is 4.79 Å². The van der Waals surface area contributed by atoms with Crippen LogP contribution in [-0.4, -0.2) is 11.8 Å². The van der Waals surface area contributed by atoms with Gasteiger partial charge in [0.1, 0.15) is 5.82 Å². The Balaban J connectivity index is 1.85. The molecule has 1 aliphatic rings. The first-order valence-corrected chi connectivity index (χ1v) is 7.06. The van der Waals surface area contributed by atoms with Crippen molar-refractivity contribution in [2.24, 2.45) is 5.92 Å². The van der Waals surface area contributed by atoms with Crippen molar-refractivity contribution in [1.82, 2.24) is 10.9 Å². The van der Waals surface area contributed by atoms with Crippen molar-refractivity contribution >= 4 is 27.7 Å². The summed E-state index contributed by atoms with van der Waals surface area (Å²) in [5.41, 5.74) is 4.94. The summed E-state index contributed by atoms with van der Waals surface area (Å²) in [6.45, 7) is 0. The van der Waals surface area contributed by atoms with E-state index in [4.69, 9.17) is 0 Å². The molecule has 6 heteroatoms. The number of allylic oxidation sites excluding steroid dienone is 2. The molecule has 2 amide bonds. The first-order chi connectivity index (χ1) is 9.56. The van der Waals surface area contributed by atoms with Gasteiger partial charge in [0.25, 0.3) is 5.91 Å². The molecule has 2 N–H and O–H groups in total. The third kappa shape index (κ3) is 3.90. The lowest BCUT2D eigenvalue weighted by molar-refractivity contribution is -0.122. The van der Waals surface area contributed by atoms with Gasteiger partial charge in [0.2, 0.25) is 5.91 Å². The second kappa shape index (κ2) is 6.65. The van der Waals surface area contributed by atoms with E-state index in [9.17, 15) is 14.0 Å². The molecule has 4 nitrogen and oxygen atoms in total. The predicted molar refractivity (Wildman–Crippen MR) is 76.2 cm³/mol. The molecule has 0 heterocycles. The van der Waals surface area contributed by atoms with E-state index in [1.54, 1.807) is 0 Å². The minimum Gasteiger partial charge on any atom is -0.273 e. The summed E-state index contributed by atoms with van der Waals surface area (Å²) in [5.74, 6) is -0.935. The smallest absolute Gasteiger partial charge is 0.270 e. The Kier molecular flexibility index (Phi) is 4.89. The Labute approximate surface area is 124 Å². The molecule has 106 valence electrons. The zero-order valence-corrected chi connectivity index (χ0v) is 12.2. The van der Waals surface area contributed by atoms with Crippen molar-refractivity contribution < 1.29 is 14.0 Å². The minimum absolute atomic E-state index is 0.240. The maximum absolute atomic E-state index is 12.9. The quantitative estimate of drug-likeness (QED) is 0.656. The van der Waals surface area contributed by atoms with E-state index < -0.39 is 11.7 Å². The van der Waals surface area contributed by atoms with Gasteiger partial charge in [-0.05, 0) is 52.9 Å². The van der Waals surface area contributed by atoms with Gasteiger partial charge in [0.05, 0.1) is 5.56 Å². The number of hydrogen-bond donors (Lipinski definition) is 2. The van der Waals surface area contributed by atoms with Crippen LogP contribution in [0.2, 0.25) is 0 Å². The molecule has 0 aliphatic heterocycles. The fraction of sp³-hybridized carbons (Fsp3) is 0.286. The topological polar surface area (TPSA) is 58.2 Å². The van der Waals surface area contributed by atoms with Crippen molar-refractivity contribution in [3.63, 3.8) is 0 Å². The average molecular weight is 341 g/mol. The van der Waals surface area contributed by atoms with Gasteiger partial charge in [-0.2, -0.15) is 0 Å². The molecule has 2 rings (SSSR count). The van der Waals surface area contributed by atoms with Crippen LogP contribution in [0, 0.1) is 11.7 Å². The summed E-state index contributed by atoms with van der Waals surface area (Å²) in [6.07, 6.45) is 6.36. The average Bonchev–Trinajstić information content (AvgIpc) is 2.89. The zero-order chi connectivity index (χ0) is 14.5. The summed E-state index contributed by atoms with van der Waals surface area (Å²) in [4.78, 5) is 23.5. The number of nitrogens with one attached hydrogen (secondary N) is 2. The highest BCUT2D eigenvalue weighted by molar-refractivity contribution is 9.10. The molecule has 0 aromatic heterocycles. The van der Waals surface area contributed by atoms with Crippen LogP contribution in [0.1, 0.15) is 29.6 Å². The highest BCUT2D eigenvalue weighted by Gasteiger charge is 2.15. The van der Waals surface area contributed by atoms with Crippen molar-refractivity contribution in [3.8, 4) is 0 Å². The number of amides is 2. The normalized spacial score (nSPS) is 17.0. The fourth-order valence-electron chi connectivity index (χ4n) is 2.02. The number of hydrazine groups is 1. The van der Waals surface area contributed by atoms with Crippen LogP contribution in [0.5, 0.6) is 0 Å². The molecule has 1 aromatic rings. The van der Waals surface area contributed by atoms with E-state index in [1.165, 1.54) is 18.2 Å². The first-order valence-electron chi connectivity index (χ1n) is 6.27. The van der Waals surface area contributed by atoms with E-state index >= 15 is 0 Å².